The van der Waals surface area contributed by atoms with E-state index in [9.17, 15) is 0 Å². The van der Waals surface area contributed by atoms with Crippen LogP contribution in [0.25, 0.3) is 11.3 Å². The molecule has 2 aromatic carbocycles. The van der Waals surface area contributed by atoms with Crippen LogP contribution in [0.15, 0.2) is 53.9 Å². The summed E-state index contributed by atoms with van der Waals surface area (Å²) < 4.78 is 0. The monoisotopic (exact) mass is 282 g/mol. The molecule has 3 aromatic rings. The molecule has 0 radical (unpaired) electrons. The number of hydrogen-bond acceptors (Lipinski definition) is 5. The Kier molecular flexibility index (Phi) is 3.26. The van der Waals surface area contributed by atoms with Gasteiger partial charge in [0.2, 0.25) is 0 Å². The van der Waals surface area contributed by atoms with Gasteiger partial charge in [-0.3, -0.25) is 0 Å². The highest BCUT2D eigenvalue weighted by molar-refractivity contribution is 7.14. The van der Waals surface area contributed by atoms with Gasteiger partial charge in [-0.05, 0) is 36.4 Å². The number of aromatic nitrogens is 1. The lowest BCUT2D eigenvalue weighted by atomic mass is 10.1. The van der Waals surface area contributed by atoms with Gasteiger partial charge in [0.15, 0.2) is 5.13 Å². The van der Waals surface area contributed by atoms with Crippen LogP contribution in [-0.2, 0) is 0 Å². The van der Waals surface area contributed by atoms with Crippen molar-refractivity contribution in [1.82, 2.24) is 4.98 Å². The Labute approximate surface area is 121 Å². The molecule has 0 unspecified atom stereocenters. The molecule has 1 heterocycles. The van der Waals surface area contributed by atoms with Crippen molar-refractivity contribution in [2.75, 3.05) is 16.8 Å². The maximum absolute atomic E-state index is 5.79. The number of hydrogen-bond donors (Lipinski definition) is 3. The number of benzene rings is 2. The maximum Gasteiger partial charge on any atom is 0.187 e. The zero-order valence-corrected chi connectivity index (χ0v) is 11.5. The van der Waals surface area contributed by atoms with Crippen LogP contribution < -0.4 is 16.8 Å². The fraction of sp³-hybridized carbons (Fsp3) is 0. The summed E-state index contributed by atoms with van der Waals surface area (Å²) in [4.78, 5) is 4.56. The van der Waals surface area contributed by atoms with Crippen LogP contribution in [0.2, 0.25) is 0 Å². The molecule has 0 spiro atoms. The molecular formula is C15H14N4S. The molecule has 3 rings (SSSR count). The smallest absolute Gasteiger partial charge is 0.187 e. The Bertz CT molecular complexity index is 719. The predicted octanol–water partition coefficient (Wildman–Crippen LogP) is 3.72. The second-order valence-electron chi connectivity index (χ2n) is 4.41. The molecule has 100 valence electrons. The van der Waals surface area contributed by atoms with Gasteiger partial charge >= 0.3 is 0 Å². The molecule has 0 amide bonds. The Morgan fingerprint density at radius 3 is 2.50 bits per heavy atom. The second kappa shape index (κ2) is 5.22. The standard InChI is InChI=1S/C15H14N4S/c16-11-4-6-13(7-5-11)18-15-19-14(9-20-15)10-2-1-3-12(17)8-10/h1-9H,16-17H2,(H,18,19). The number of nitrogens with two attached hydrogens (primary N) is 2. The Morgan fingerprint density at radius 2 is 1.75 bits per heavy atom. The molecule has 5 N–H and O–H groups in total. The van der Waals surface area contributed by atoms with E-state index in [1.807, 2.05) is 53.9 Å². The summed E-state index contributed by atoms with van der Waals surface area (Å²) in [5, 5.41) is 6.10. The van der Waals surface area contributed by atoms with E-state index in [1.54, 1.807) is 11.3 Å². The maximum atomic E-state index is 5.79. The van der Waals surface area contributed by atoms with E-state index in [4.69, 9.17) is 11.5 Å². The molecule has 0 fully saturated rings. The molecule has 1 aromatic heterocycles. The predicted molar refractivity (Wildman–Crippen MR) is 86.1 cm³/mol. The van der Waals surface area contributed by atoms with Crippen molar-refractivity contribution < 1.29 is 0 Å². The highest BCUT2D eigenvalue weighted by Gasteiger charge is 2.05. The van der Waals surface area contributed by atoms with Crippen molar-refractivity contribution in [1.29, 1.82) is 0 Å². The van der Waals surface area contributed by atoms with Gasteiger partial charge in [0, 0.05) is 28.0 Å². The van der Waals surface area contributed by atoms with E-state index in [1.165, 1.54) is 0 Å². The number of thiazole rings is 1. The second-order valence-corrected chi connectivity index (χ2v) is 5.27. The molecule has 0 bridgehead atoms. The molecule has 0 aliphatic heterocycles. The minimum atomic E-state index is 0.739. The van der Waals surface area contributed by atoms with Gasteiger partial charge in [-0.25, -0.2) is 4.98 Å². The van der Waals surface area contributed by atoms with Gasteiger partial charge in [-0.15, -0.1) is 11.3 Å². The SMILES string of the molecule is Nc1ccc(Nc2nc(-c3cccc(N)c3)cs2)cc1. The normalized spacial score (nSPS) is 10.4. The van der Waals surface area contributed by atoms with E-state index in [-0.39, 0.29) is 0 Å². The number of nitrogens with one attached hydrogen (secondary N) is 1. The van der Waals surface area contributed by atoms with Gasteiger partial charge in [-0.1, -0.05) is 12.1 Å². The average molecular weight is 282 g/mol. The van der Waals surface area contributed by atoms with Crippen LogP contribution >= 0.6 is 11.3 Å². The molecule has 0 saturated heterocycles. The summed E-state index contributed by atoms with van der Waals surface area (Å²) in [6.45, 7) is 0. The van der Waals surface area contributed by atoms with Crippen LogP contribution in [0.1, 0.15) is 0 Å². The number of nitrogen functional groups attached to an aromatic ring is 2. The largest absolute Gasteiger partial charge is 0.399 e. The molecule has 0 aliphatic carbocycles. The summed E-state index contributed by atoms with van der Waals surface area (Å²) in [6, 6.07) is 15.3. The Hall–Kier alpha value is -2.53. The van der Waals surface area contributed by atoms with Crippen LogP contribution in [-0.4, -0.2) is 4.98 Å². The van der Waals surface area contributed by atoms with Gasteiger partial charge in [-0.2, -0.15) is 0 Å². The van der Waals surface area contributed by atoms with E-state index < -0.39 is 0 Å². The minimum Gasteiger partial charge on any atom is -0.399 e. The third kappa shape index (κ3) is 2.73. The zero-order chi connectivity index (χ0) is 13.9. The first kappa shape index (κ1) is 12.5. The molecule has 4 nitrogen and oxygen atoms in total. The van der Waals surface area contributed by atoms with E-state index >= 15 is 0 Å². The lowest BCUT2D eigenvalue weighted by Crippen LogP contribution is -1.91. The summed E-state index contributed by atoms with van der Waals surface area (Å²) in [7, 11) is 0. The highest BCUT2D eigenvalue weighted by atomic mass is 32.1. The summed E-state index contributed by atoms with van der Waals surface area (Å²) in [5.74, 6) is 0. The number of rotatable bonds is 3. The fourth-order valence-electron chi connectivity index (χ4n) is 1.85. The lowest BCUT2D eigenvalue weighted by molar-refractivity contribution is 1.38. The van der Waals surface area contributed by atoms with Crippen LogP contribution in [0.3, 0.4) is 0 Å². The Balaban J connectivity index is 1.82. The third-order valence-corrected chi connectivity index (χ3v) is 3.61. The van der Waals surface area contributed by atoms with Gasteiger partial charge < -0.3 is 16.8 Å². The van der Waals surface area contributed by atoms with Crippen molar-refractivity contribution in [2.24, 2.45) is 0 Å². The van der Waals surface area contributed by atoms with E-state index in [2.05, 4.69) is 10.3 Å². The molecule has 20 heavy (non-hydrogen) atoms. The summed E-state index contributed by atoms with van der Waals surface area (Å²) >= 11 is 1.55. The van der Waals surface area contributed by atoms with Crippen molar-refractivity contribution in [3.05, 3.63) is 53.9 Å². The first-order chi connectivity index (χ1) is 9.70. The first-order valence-electron chi connectivity index (χ1n) is 6.15. The number of nitrogens with zero attached hydrogens (tertiary/aromatic N) is 1. The van der Waals surface area contributed by atoms with Gasteiger partial charge in [0.1, 0.15) is 0 Å². The topological polar surface area (TPSA) is 77.0 Å². The van der Waals surface area contributed by atoms with E-state index in [0.717, 1.165) is 33.5 Å². The molecule has 0 saturated carbocycles. The van der Waals surface area contributed by atoms with Gasteiger partial charge in [0.25, 0.3) is 0 Å². The average Bonchev–Trinajstić information content (AvgIpc) is 2.90. The van der Waals surface area contributed by atoms with Crippen LogP contribution in [0.4, 0.5) is 22.2 Å². The van der Waals surface area contributed by atoms with Crippen molar-refractivity contribution in [3.63, 3.8) is 0 Å². The third-order valence-electron chi connectivity index (χ3n) is 2.85. The van der Waals surface area contributed by atoms with Crippen molar-refractivity contribution in [3.8, 4) is 11.3 Å². The summed E-state index contributed by atoms with van der Waals surface area (Å²) in [6.07, 6.45) is 0. The highest BCUT2D eigenvalue weighted by Crippen LogP contribution is 2.28. The lowest BCUT2D eigenvalue weighted by Gasteiger charge is -2.02. The fourth-order valence-corrected chi connectivity index (χ4v) is 2.59. The van der Waals surface area contributed by atoms with Crippen LogP contribution in [0.5, 0.6) is 0 Å². The molecular weight excluding hydrogens is 268 g/mol. The van der Waals surface area contributed by atoms with Crippen molar-refractivity contribution >= 4 is 33.5 Å². The quantitative estimate of drug-likeness (QED) is 0.640. The first-order valence-corrected chi connectivity index (χ1v) is 7.03. The van der Waals surface area contributed by atoms with E-state index in [0.29, 0.717) is 0 Å². The summed E-state index contributed by atoms with van der Waals surface area (Å²) in [5.41, 5.74) is 15.8. The molecule has 5 heteroatoms. The molecule has 0 atom stereocenters. The zero-order valence-electron chi connectivity index (χ0n) is 10.7. The van der Waals surface area contributed by atoms with Crippen LogP contribution in [0, 0.1) is 0 Å². The Morgan fingerprint density at radius 1 is 0.950 bits per heavy atom. The minimum absolute atomic E-state index is 0.739. The van der Waals surface area contributed by atoms with Crippen molar-refractivity contribution in [2.45, 2.75) is 0 Å². The molecule has 0 aliphatic rings. The number of anilines is 4. The van der Waals surface area contributed by atoms with Gasteiger partial charge in [0.05, 0.1) is 5.69 Å².